The number of hydrogen-bond acceptors (Lipinski definition) is 4. The highest BCUT2D eigenvalue weighted by atomic mass is 16.5. The molecule has 1 fully saturated rings. The lowest BCUT2D eigenvalue weighted by Crippen LogP contribution is -2.30. The van der Waals surface area contributed by atoms with Crippen LogP contribution in [-0.4, -0.2) is 42.1 Å². The molecule has 0 spiro atoms. The van der Waals surface area contributed by atoms with Crippen LogP contribution in [0.3, 0.4) is 0 Å². The van der Waals surface area contributed by atoms with Crippen molar-refractivity contribution in [2.24, 2.45) is 0 Å². The third kappa shape index (κ3) is 3.83. The molecule has 0 unspecified atom stereocenters. The van der Waals surface area contributed by atoms with Gasteiger partial charge in [-0.05, 0) is 35.9 Å². The van der Waals surface area contributed by atoms with E-state index >= 15 is 0 Å². The number of carbonyl (C=O) groups excluding carboxylic acids is 1. The number of aromatic nitrogens is 1. The van der Waals surface area contributed by atoms with E-state index in [1.54, 1.807) is 19.5 Å². The van der Waals surface area contributed by atoms with Gasteiger partial charge in [0, 0.05) is 30.3 Å². The lowest BCUT2D eigenvalue weighted by Gasteiger charge is -2.17. The molecule has 1 saturated heterocycles. The Balaban J connectivity index is 1.43. The normalized spacial score (nSPS) is 16.0. The van der Waals surface area contributed by atoms with Gasteiger partial charge in [0.25, 0.3) is 5.91 Å². The summed E-state index contributed by atoms with van der Waals surface area (Å²) >= 11 is 0. The fraction of sp³-hybridized carbons (Fsp3) is 0.217. The fourth-order valence-corrected chi connectivity index (χ4v) is 3.46. The largest absolute Gasteiger partial charge is 0.494 e. The van der Waals surface area contributed by atoms with Crippen LogP contribution in [0.1, 0.15) is 16.8 Å². The molecular formula is C23H22N2O3. The van der Waals surface area contributed by atoms with Crippen LogP contribution < -0.4 is 9.47 Å². The van der Waals surface area contributed by atoms with E-state index in [0.29, 0.717) is 24.4 Å². The molecular weight excluding hydrogens is 352 g/mol. The van der Waals surface area contributed by atoms with Crippen molar-refractivity contribution in [2.45, 2.75) is 12.5 Å². The molecule has 142 valence electrons. The number of amides is 1. The second-order valence-electron chi connectivity index (χ2n) is 6.75. The molecule has 5 heteroatoms. The topological polar surface area (TPSA) is 51.7 Å². The predicted molar refractivity (Wildman–Crippen MR) is 108 cm³/mol. The number of ether oxygens (including phenoxy) is 2. The van der Waals surface area contributed by atoms with Gasteiger partial charge in [0.05, 0.1) is 19.9 Å². The summed E-state index contributed by atoms with van der Waals surface area (Å²) in [4.78, 5) is 18.8. The third-order valence-corrected chi connectivity index (χ3v) is 4.93. The zero-order valence-corrected chi connectivity index (χ0v) is 15.7. The number of nitrogens with zero attached hydrogens (tertiary/aromatic N) is 2. The number of rotatable bonds is 5. The van der Waals surface area contributed by atoms with E-state index in [1.807, 2.05) is 65.6 Å². The van der Waals surface area contributed by atoms with E-state index in [1.165, 1.54) is 0 Å². The Kier molecular flexibility index (Phi) is 5.24. The van der Waals surface area contributed by atoms with E-state index < -0.39 is 0 Å². The molecule has 2 heterocycles. The summed E-state index contributed by atoms with van der Waals surface area (Å²) in [5.74, 6) is 1.59. The molecule has 1 aromatic heterocycles. The van der Waals surface area contributed by atoms with Crippen molar-refractivity contribution in [3.63, 3.8) is 0 Å². The minimum atomic E-state index is 0.0340. The minimum Gasteiger partial charge on any atom is -0.494 e. The van der Waals surface area contributed by atoms with E-state index in [-0.39, 0.29) is 12.0 Å². The average molecular weight is 374 g/mol. The maximum absolute atomic E-state index is 12.9. The molecule has 0 radical (unpaired) electrons. The Hall–Kier alpha value is -3.34. The molecule has 0 saturated carbocycles. The Morgan fingerprint density at radius 3 is 2.61 bits per heavy atom. The van der Waals surface area contributed by atoms with Gasteiger partial charge < -0.3 is 14.4 Å². The van der Waals surface area contributed by atoms with Gasteiger partial charge >= 0.3 is 0 Å². The molecule has 1 aliphatic heterocycles. The van der Waals surface area contributed by atoms with Crippen molar-refractivity contribution >= 4 is 5.91 Å². The highest BCUT2D eigenvalue weighted by Crippen LogP contribution is 2.29. The van der Waals surface area contributed by atoms with Crippen molar-refractivity contribution in [1.29, 1.82) is 0 Å². The lowest BCUT2D eigenvalue weighted by molar-refractivity contribution is 0.0772. The Morgan fingerprint density at radius 2 is 1.86 bits per heavy atom. The highest BCUT2D eigenvalue weighted by Gasteiger charge is 2.28. The quantitative estimate of drug-likeness (QED) is 0.676. The number of hydrogen-bond donors (Lipinski definition) is 0. The highest BCUT2D eigenvalue weighted by molar-refractivity contribution is 5.95. The van der Waals surface area contributed by atoms with Gasteiger partial charge in [-0.1, -0.05) is 30.3 Å². The SMILES string of the molecule is COc1cnccc1-c1ccc(C(=O)N2CC[C@@H](Oc3ccccc3)C2)cc1. The van der Waals surface area contributed by atoms with Gasteiger partial charge in [-0.2, -0.15) is 0 Å². The first-order valence-electron chi connectivity index (χ1n) is 9.34. The molecule has 28 heavy (non-hydrogen) atoms. The molecule has 0 aliphatic carbocycles. The smallest absolute Gasteiger partial charge is 0.253 e. The molecule has 0 bridgehead atoms. The van der Waals surface area contributed by atoms with Gasteiger partial charge in [-0.15, -0.1) is 0 Å². The van der Waals surface area contributed by atoms with Crippen LogP contribution >= 0.6 is 0 Å². The number of likely N-dealkylation sites (tertiary alicyclic amines) is 1. The van der Waals surface area contributed by atoms with Gasteiger partial charge in [0.2, 0.25) is 0 Å². The van der Waals surface area contributed by atoms with Gasteiger partial charge in [-0.25, -0.2) is 0 Å². The average Bonchev–Trinajstić information content (AvgIpc) is 3.22. The molecule has 4 rings (SSSR count). The number of methoxy groups -OCH3 is 1. The van der Waals surface area contributed by atoms with Gasteiger partial charge in [-0.3, -0.25) is 9.78 Å². The Morgan fingerprint density at radius 1 is 1.07 bits per heavy atom. The van der Waals surface area contributed by atoms with E-state index in [0.717, 1.165) is 23.3 Å². The summed E-state index contributed by atoms with van der Waals surface area (Å²) in [5, 5.41) is 0. The van der Waals surface area contributed by atoms with Crippen LogP contribution in [0.2, 0.25) is 0 Å². The van der Waals surface area contributed by atoms with Crippen LogP contribution in [0.25, 0.3) is 11.1 Å². The molecule has 2 aromatic carbocycles. The molecule has 1 atom stereocenters. The minimum absolute atomic E-state index is 0.0340. The second-order valence-corrected chi connectivity index (χ2v) is 6.75. The van der Waals surface area contributed by atoms with Crippen molar-refractivity contribution in [1.82, 2.24) is 9.88 Å². The molecule has 5 nitrogen and oxygen atoms in total. The summed E-state index contributed by atoms with van der Waals surface area (Å²) in [5.41, 5.74) is 2.62. The summed E-state index contributed by atoms with van der Waals surface area (Å²) < 4.78 is 11.3. The molecule has 1 amide bonds. The van der Waals surface area contributed by atoms with Crippen LogP contribution in [0.4, 0.5) is 0 Å². The van der Waals surface area contributed by atoms with E-state index in [4.69, 9.17) is 9.47 Å². The Labute approximate surface area is 164 Å². The van der Waals surface area contributed by atoms with Crippen LogP contribution in [0, 0.1) is 0 Å². The maximum atomic E-state index is 12.9. The zero-order valence-electron chi connectivity index (χ0n) is 15.7. The molecule has 1 aliphatic rings. The van der Waals surface area contributed by atoms with E-state index in [9.17, 15) is 4.79 Å². The first-order valence-corrected chi connectivity index (χ1v) is 9.34. The monoisotopic (exact) mass is 374 g/mol. The first-order chi connectivity index (χ1) is 13.7. The van der Waals surface area contributed by atoms with Crippen LogP contribution in [0.5, 0.6) is 11.5 Å². The van der Waals surface area contributed by atoms with E-state index in [2.05, 4.69) is 4.98 Å². The number of carbonyl (C=O) groups is 1. The molecule has 0 N–H and O–H groups in total. The van der Waals surface area contributed by atoms with Gasteiger partial charge in [0.1, 0.15) is 17.6 Å². The number of pyridine rings is 1. The van der Waals surface area contributed by atoms with Crippen LogP contribution in [-0.2, 0) is 0 Å². The summed E-state index contributed by atoms with van der Waals surface area (Å²) in [6.45, 7) is 1.31. The lowest BCUT2D eigenvalue weighted by atomic mass is 10.0. The number of benzene rings is 2. The molecule has 3 aromatic rings. The maximum Gasteiger partial charge on any atom is 0.253 e. The third-order valence-electron chi connectivity index (χ3n) is 4.93. The van der Waals surface area contributed by atoms with Crippen LogP contribution in [0.15, 0.2) is 73.1 Å². The van der Waals surface area contributed by atoms with Crippen molar-refractivity contribution in [3.8, 4) is 22.6 Å². The fourth-order valence-electron chi connectivity index (χ4n) is 3.46. The predicted octanol–water partition coefficient (Wildman–Crippen LogP) is 4.05. The van der Waals surface area contributed by atoms with Crippen molar-refractivity contribution in [2.75, 3.05) is 20.2 Å². The second kappa shape index (κ2) is 8.13. The first kappa shape index (κ1) is 18.0. The van der Waals surface area contributed by atoms with Crippen molar-refractivity contribution in [3.05, 3.63) is 78.6 Å². The summed E-state index contributed by atoms with van der Waals surface area (Å²) in [6, 6.07) is 19.3. The van der Waals surface area contributed by atoms with Gasteiger partial charge in [0.15, 0.2) is 0 Å². The standard InChI is InChI=1S/C23H22N2O3/c1-27-22-15-24-13-11-21(22)17-7-9-18(10-8-17)23(26)25-14-12-20(16-25)28-19-5-3-2-4-6-19/h2-11,13,15,20H,12,14,16H2,1H3/t20-/m1/s1. The number of para-hydroxylation sites is 1. The zero-order chi connectivity index (χ0) is 19.3. The summed E-state index contributed by atoms with van der Waals surface area (Å²) in [7, 11) is 1.62. The summed E-state index contributed by atoms with van der Waals surface area (Å²) in [6.07, 6.45) is 4.29. The van der Waals surface area contributed by atoms with Crippen molar-refractivity contribution < 1.29 is 14.3 Å². The Bertz CT molecular complexity index is 942.